The Bertz CT molecular complexity index is 425. The minimum absolute atomic E-state index is 0.519. The van der Waals surface area contributed by atoms with Crippen LogP contribution in [0.4, 0.5) is 0 Å². The maximum Gasteiger partial charge on any atom is 0.281 e. The van der Waals surface area contributed by atoms with Gasteiger partial charge in [0.25, 0.3) is 5.84 Å². The molecule has 0 saturated carbocycles. The fourth-order valence-electron chi connectivity index (χ4n) is 2.68. The van der Waals surface area contributed by atoms with Crippen LogP contribution in [0.15, 0.2) is 30.3 Å². The molecule has 18 heavy (non-hydrogen) atoms. The van der Waals surface area contributed by atoms with Crippen molar-refractivity contribution in [3.05, 3.63) is 35.9 Å². The molecule has 2 rings (SSSR count). The quantitative estimate of drug-likeness (QED) is 0.756. The van der Waals surface area contributed by atoms with E-state index in [0.717, 1.165) is 6.54 Å². The molecule has 1 aliphatic rings. The second-order valence-electron chi connectivity index (χ2n) is 5.27. The highest BCUT2D eigenvalue weighted by Gasteiger charge is 2.40. The Morgan fingerprint density at radius 1 is 1.33 bits per heavy atom. The predicted molar refractivity (Wildman–Crippen MR) is 73.9 cm³/mol. The zero-order valence-corrected chi connectivity index (χ0v) is 11.8. The summed E-state index contributed by atoms with van der Waals surface area (Å²) < 4.78 is 7.72. The highest BCUT2D eigenvalue weighted by Crippen LogP contribution is 2.20. The molecule has 0 saturated heterocycles. The van der Waals surface area contributed by atoms with Crippen molar-refractivity contribution >= 4 is 5.84 Å². The summed E-state index contributed by atoms with van der Waals surface area (Å²) in [6, 6.07) is 11.1. The van der Waals surface area contributed by atoms with Crippen LogP contribution < -0.4 is 0 Å². The summed E-state index contributed by atoms with van der Waals surface area (Å²) >= 11 is 0. The lowest BCUT2D eigenvalue weighted by Gasteiger charge is -2.22. The number of benzene rings is 1. The minimum atomic E-state index is 0.519. The smallest absolute Gasteiger partial charge is 0.281 e. The Hall–Kier alpha value is -1.35. The van der Waals surface area contributed by atoms with Gasteiger partial charge in [-0.2, -0.15) is 0 Å². The van der Waals surface area contributed by atoms with Gasteiger partial charge in [-0.15, -0.1) is 0 Å². The molecule has 3 nitrogen and oxygen atoms in total. The molecule has 0 aliphatic carbocycles. The van der Waals surface area contributed by atoms with Crippen molar-refractivity contribution in [2.45, 2.75) is 19.9 Å². The average molecular weight is 247 g/mol. The van der Waals surface area contributed by atoms with E-state index in [1.807, 2.05) is 0 Å². The Morgan fingerprint density at radius 2 is 2.00 bits per heavy atom. The molecule has 0 N–H and O–H groups in total. The van der Waals surface area contributed by atoms with Crippen LogP contribution in [0.3, 0.4) is 0 Å². The van der Waals surface area contributed by atoms with Gasteiger partial charge in [-0.25, -0.2) is 4.90 Å². The van der Waals surface area contributed by atoms with E-state index in [0.29, 0.717) is 18.7 Å². The van der Waals surface area contributed by atoms with Gasteiger partial charge in [0.15, 0.2) is 6.73 Å². The Labute approximate surface area is 110 Å². The molecule has 3 heteroatoms. The second kappa shape index (κ2) is 5.53. The van der Waals surface area contributed by atoms with Crippen molar-refractivity contribution in [2.75, 3.05) is 27.4 Å². The van der Waals surface area contributed by atoms with E-state index in [9.17, 15) is 0 Å². The largest absolute Gasteiger partial charge is 0.345 e. The molecule has 1 heterocycles. The lowest BCUT2D eigenvalue weighted by atomic mass is 10.0. The van der Waals surface area contributed by atoms with Crippen LogP contribution in [0.2, 0.25) is 0 Å². The highest BCUT2D eigenvalue weighted by molar-refractivity contribution is 5.95. The molecule has 0 radical (unpaired) electrons. The first-order chi connectivity index (χ1) is 8.65. The van der Waals surface area contributed by atoms with Gasteiger partial charge in [-0.05, 0) is 18.1 Å². The molecule has 1 aromatic rings. The highest BCUT2D eigenvalue weighted by atomic mass is 16.5. The van der Waals surface area contributed by atoms with E-state index >= 15 is 0 Å². The number of likely N-dealkylation sites (N-methyl/N-ethyl adjacent to an activating group) is 1. The van der Waals surface area contributed by atoms with E-state index < -0.39 is 0 Å². The van der Waals surface area contributed by atoms with Crippen LogP contribution in [0.25, 0.3) is 0 Å². The van der Waals surface area contributed by atoms with Crippen LogP contribution in [-0.2, 0) is 4.74 Å². The summed E-state index contributed by atoms with van der Waals surface area (Å²) in [6.45, 7) is 6.26. The topological polar surface area (TPSA) is 15.5 Å². The molecule has 0 bridgehead atoms. The number of hydrogen-bond acceptors (Lipinski definition) is 2. The van der Waals surface area contributed by atoms with Crippen molar-refractivity contribution in [2.24, 2.45) is 5.92 Å². The van der Waals surface area contributed by atoms with Crippen LogP contribution in [0.1, 0.15) is 19.4 Å². The summed E-state index contributed by atoms with van der Waals surface area (Å²) in [7, 11) is 3.92. The van der Waals surface area contributed by atoms with E-state index in [2.05, 4.69) is 60.7 Å². The maximum absolute atomic E-state index is 5.38. The van der Waals surface area contributed by atoms with E-state index in [1.165, 1.54) is 11.4 Å². The Balaban J connectivity index is 2.34. The fraction of sp³-hybridized carbons (Fsp3) is 0.533. The lowest BCUT2D eigenvalue weighted by molar-refractivity contribution is -0.490. The normalized spacial score (nSPS) is 20.1. The molecule has 1 atom stereocenters. The monoisotopic (exact) mass is 247 g/mol. The molecule has 0 aromatic heterocycles. The maximum atomic E-state index is 5.38. The van der Waals surface area contributed by atoms with E-state index in [4.69, 9.17) is 4.74 Å². The Morgan fingerprint density at radius 3 is 2.56 bits per heavy atom. The number of methoxy groups -OCH3 is 1. The summed E-state index contributed by atoms with van der Waals surface area (Å²) in [5.74, 6) is 1.89. The first-order valence-electron chi connectivity index (χ1n) is 6.54. The van der Waals surface area contributed by atoms with Crippen molar-refractivity contribution in [3.8, 4) is 0 Å². The van der Waals surface area contributed by atoms with Crippen LogP contribution in [0.5, 0.6) is 0 Å². The molecule has 98 valence electrons. The molecule has 1 aliphatic heterocycles. The van der Waals surface area contributed by atoms with E-state index in [1.54, 1.807) is 7.11 Å². The van der Waals surface area contributed by atoms with Crippen molar-refractivity contribution in [3.63, 3.8) is 0 Å². The second-order valence-corrected chi connectivity index (χ2v) is 5.27. The van der Waals surface area contributed by atoms with E-state index in [-0.39, 0.29) is 0 Å². The van der Waals surface area contributed by atoms with Gasteiger partial charge < -0.3 is 4.74 Å². The third-order valence-electron chi connectivity index (χ3n) is 3.56. The molecule has 0 amide bonds. The zero-order valence-electron chi connectivity index (χ0n) is 11.8. The lowest BCUT2D eigenvalue weighted by Crippen LogP contribution is -2.41. The predicted octanol–water partition coefficient (Wildman–Crippen LogP) is 2.02. The molecular formula is C15H23N2O+. The van der Waals surface area contributed by atoms with Gasteiger partial charge >= 0.3 is 0 Å². The van der Waals surface area contributed by atoms with Gasteiger partial charge in [0.05, 0.1) is 12.6 Å². The third kappa shape index (κ3) is 2.41. The van der Waals surface area contributed by atoms with Gasteiger partial charge in [0, 0.05) is 7.11 Å². The molecule has 0 spiro atoms. The third-order valence-corrected chi connectivity index (χ3v) is 3.56. The van der Waals surface area contributed by atoms with Gasteiger partial charge in [0.2, 0.25) is 0 Å². The van der Waals surface area contributed by atoms with Gasteiger partial charge in [0.1, 0.15) is 12.6 Å². The summed E-state index contributed by atoms with van der Waals surface area (Å²) in [5.41, 5.74) is 1.26. The number of nitrogens with zero attached hydrogens (tertiary/aromatic N) is 2. The van der Waals surface area contributed by atoms with Crippen LogP contribution in [0, 0.1) is 5.92 Å². The number of rotatable bonds is 4. The van der Waals surface area contributed by atoms with Crippen molar-refractivity contribution < 1.29 is 9.31 Å². The van der Waals surface area contributed by atoms with Crippen LogP contribution >= 0.6 is 0 Å². The summed E-state index contributed by atoms with van der Waals surface area (Å²) in [4.78, 5) is 2.38. The molecule has 1 aromatic carbocycles. The number of amidine groups is 1. The summed E-state index contributed by atoms with van der Waals surface area (Å²) in [5, 5.41) is 0. The number of hydrogen-bond donors (Lipinski definition) is 0. The van der Waals surface area contributed by atoms with Crippen molar-refractivity contribution in [1.82, 2.24) is 4.90 Å². The molecular weight excluding hydrogens is 224 g/mol. The summed E-state index contributed by atoms with van der Waals surface area (Å²) in [6.07, 6.45) is 0. The van der Waals surface area contributed by atoms with Gasteiger partial charge in [-0.1, -0.05) is 32.0 Å². The first-order valence-corrected chi connectivity index (χ1v) is 6.54. The number of ether oxygens (including phenoxy) is 1. The first kappa shape index (κ1) is 13.1. The van der Waals surface area contributed by atoms with Crippen molar-refractivity contribution in [1.29, 1.82) is 0 Å². The fourth-order valence-corrected chi connectivity index (χ4v) is 2.68. The molecule has 0 fully saturated rings. The average Bonchev–Trinajstić information content (AvgIpc) is 2.68. The minimum Gasteiger partial charge on any atom is -0.345 e. The Kier molecular flexibility index (Phi) is 4.02. The van der Waals surface area contributed by atoms with Crippen LogP contribution in [-0.4, -0.2) is 48.8 Å². The molecule has 0 unspecified atom stereocenters. The van der Waals surface area contributed by atoms with Gasteiger partial charge in [-0.3, -0.25) is 4.58 Å². The standard InChI is InChI=1S/C15H23N2O/c1-12(2)14-10-16(3)15(17(14)11-18-4)13-8-6-5-7-9-13/h5-9,12,14H,10-11H2,1-4H3/q+1/t14-/m1/s1. The SMILES string of the molecule is COCN1C(c2ccccc2)=[N+](C)C[C@@H]1C(C)C. The zero-order chi connectivity index (χ0) is 13.1.